The van der Waals surface area contributed by atoms with Gasteiger partial charge in [-0.3, -0.25) is 9.59 Å². The number of likely N-dealkylation sites (N-methyl/N-ethyl adjacent to an activating group) is 1. The van der Waals surface area contributed by atoms with Crippen molar-refractivity contribution in [3.8, 4) is 0 Å². The molecule has 1 atom stereocenters. The molecule has 1 amide bonds. The number of nitrogens with zero attached hydrogens (tertiary/aromatic N) is 1. The summed E-state index contributed by atoms with van der Waals surface area (Å²) in [5, 5.41) is 0. The third-order valence-electron chi connectivity index (χ3n) is 4.38. The molecule has 0 saturated heterocycles. The van der Waals surface area contributed by atoms with Gasteiger partial charge in [-0.2, -0.15) is 0 Å². The van der Waals surface area contributed by atoms with E-state index in [0.717, 1.165) is 11.3 Å². The van der Waals surface area contributed by atoms with Gasteiger partial charge in [-0.1, -0.05) is 38.6 Å². The fraction of sp³-hybridized carbons (Fsp3) is 0.333. The van der Waals surface area contributed by atoms with E-state index in [9.17, 15) is 9.59 Å². The van der Waals surface area contributed by atoms with E-state index in [0.29, 0.717) is 11.3 Å². The normalized spacial score (nSPS) is 22.0. The van der Waals surface area contributed by atoms with Gasteiger partial charge in [0.15, 0.2) is 5.76 Å². The van der Waals surface area contributed by atoms with Crippen LogP contribution in [-0.2, 0) is 9.53 Å². The number of hydrogen-bond donors (Lipinski definition) is 0. The summed E-state index contributed by atoms with van der Waals surface area (Å²) in [6.45, 7) is 7.80. The molecule has 0 bridgehead atoms. The molecule has 0 radical (unpaired) electrons. The maximum absolute atomic E-state index is 12.8. The van der Waals surface area contributed by atoms with Gasteiger partial charge in [0.05, 0.1) is 5.92 Å². The third-order valence-corrected chi connectivity index (χ3v) is 4.38. The molecule has 0 fully saturated rings. The highest BCUT2D eigenvalue weighted by Crippen LogP contribution is 2.50. The van der Waals surface area contributed by atoms with E-state index in [-0.39, 0.29) is 24.2 Å². The zero-order valence-electron chi connectivity index (χ0n) is 13.1. The van der Waals surface area contributed by atoms with Gasteiger partial charge in [0.2, 0.25) is 11.7 Å². The second-order valence-corrected chi connectivity index (χ2v) is 6.33. The molecule has 114 valence electrons. The van der Waals surface area contributed by atoms with Crippen LogP contribution in [0.5, 0.6) is 0 Å². The standard InChI is InChI=1S/C18H19NO3/c1-5-9-22-13-10-18(2,3)15-14-11(16(13)20)7-6-8-12(14)19(4)17(15)21/h5-8,10,15H,1,9H2,2-4H3/t15-/m1/s1. The highest BCUT2D eigenvalue weighted by molar-refractivity contribution is 6.15. The summed E-state index contributed by atoms with van der Waals surface area (Å²) in [5.74, 6) is -0.223. The molecule has 22 heavy (non-hydrogen) atoms. The summed E-state index contributed by atoms with van der Waals surface area (Å²) >= 11 is 0. The smallest absolute Gasteiger partial charge is 0.235 e. The molecule has 0 saturated carbocycles. The van der Waals surface area contributed by atoms with Gasteiger partial charge < -0.3 is 9.64 Å². The molecular formula is C18H19NO3. The van der Waals surface area contributed by atoms with Crippen LogP contribution in [0.3, 0.4) is 0 Å². The topological polar surface area (TPSA) is 46.6 Å². The third kappa shape index (κ3) is 1.90. The van der Waals surface area contributed by atoms with E-state index < -0.39 is 5.41 Å². The summed E-state index contributed by atoms with van der Waals surface area (Å²) in [7, 11) is 1.76. The predicted octanol–water partition coefficient (Wildman–Crippen LogP) is 3.06. The van der Waals surface area contributed by atoms with E-state index in [1.807, 2.05) is 26.0 Å². The molecule has 0 spiro atoms. The van der Waals surface area contributed by atoms with Crippen molar-refractivity contribution in [3.05, 3.63) is 53.8 Å². The van der Waals surface area contributed by atoms with Gasteiger partial charge in [0.1, 0.15) is 6.61 Å². The lowest BCUT2D eigenvalue weighted by atomic mass is 9.75. The van der Waals surface area contributed by atoms with E-state index >= 15 is 0 Å². The average molecular weight is 297 g/mol. The molecule has 0 unspecified atom stereocenters. The molecule has 4 nitrogen and oxygen atoms in total. The quantitative estimate of drug-likeness (QED) is 0.806. The molecule has 1 aromatic carbocycles. The number of ketones is 1. The van der Waals surface area contributed by atoms with Gasteiger partial charge in [0, 0.05) is 29.3 Å². The molecule has 1 aliphatic heterocycles. The maximum Gasteiger partial charge on any atom is 0.235 e. The molecule has 2 aliphatic rings. The Hall–Kier alpha value is -2.36. The van der Waals surface area contributed by atoms with Crippen LogP contribution in [0.4, 0.5) is 5.69 Å². The van der Waals surface area contributed by atoms with Crippen LogP contribution in [-0.4, -0.2) is 25.3 Å². The zero-order chi connectivity index (χ0) is 16.1. The van der Waals surface area contributed by atoms with Crippen molar-refractivity contribution in [2.24, 2.45) is 5.41 Å². The van der Waals surface area contributed by atoms with E-state index in [1.54, 1.807) is 30.2 Å². The number of anilines is 1. The van der Waals surface area contributed by atoms with Gasteiger partial charge in [0.25, 0.3) is 0 Å². The Bertz CT molecular complexity index is 715. The number of Topliss-reactive ketones (excluding diaryl/α,β-unsaturated/α-hetero) is 1. The zero-order valence-corrected chi connectivity index (χ0v) is 13.1. The number of benzene rings is 1. The number of carbonyl (C=O) groups is 2. The van der Waals surface area contributed by atoms with Crippen molar-refractivity contribution >= 4 is 17.4 Å². The Morgan fingerprint density at radius 3 is 2.77 bits per heavy atom. The Kier molecular flexibility index (Phi) is 3.20. The van der Waals surface area contributed by atoms with E-state index in [4.69, 9.17) is 4.74 Å². The molecule has 1 aliphatic carbocycles. The maximum atomic E-state index is 12.8. The largest absolute Gasteiger partial charge is 0.486 e. The summed E-state index contributed by atoms with van der Waals surface area (Å²) in [4.78, 5) is 27.2. The van der Waals surface area contributed by atoms with Gasteiger partial charge in [-0.25, -0.2) is 0 Å². The molecule has 3 rings (SSSR count). The van der Waals surface area contributed by atoms with Crippen LogP contribution in [0.1, 0.15) is 35.7 Å². The van der Waals surface area contributed by atoms with Crippen LogP contribution in [0.25, 0.3) is 0 Å². The molecule has 0 N–H and O–H groups in total. The Labute approximate surface area is 130 Å². The molecule has 0 aromatic heterocycles. The molecule has 1 heterocycles. The minimum absolute atomic E-state index is 0.0153. The van der Waals surface area contributed by atoms with Crippen LogP contribution in [0.2, 0.25) is 0 Å². The van der Waals surface area contributed by atoms with Crippen molar-refractivity contribution < 1.29 is 14.3 Å². The second kappa shape index (κ2) is 4.83. The molecular weight excluding hydrogens is 278 g/mol. The van der Waals surface area contributed by atoms with Crippen molar-refractivity contribution in [1.29, 1.82) is 0 Å². The van der Waals surface area contributed by atoms with Crippen molar-refractivity contribution in [1.82, 2.24) is 0 Å². The molecule has 4 heteroatoms. The van der Waals surface area contributed by atoms with Crippen LogP contribution >= 0.6 is 0 Å². The Morgan fingerprint density at radius 2 is 2.09 bits per heavy atom. The average Bonchev–Trinajstić information content (AvgIpc) is 2.70. The Balaban J connectivity index is 2.24. The van der Waals surface area contributed by atoms with Gasteiger partial charge in [-0.15, -0.1) is 0 Å². The first-order valence-electron chi connectivity index (χ1n) is 7.30. The fourth-order valence-corrected chi connectivity index (χ4v) is 3.35. The lowest BCUT2D eigenvalue weighted by Gasteiger charge is -2.26. The minimum atomic E-state index is -0.505. The number of rotatable bonds is 3. The number of hydrogen-bond acceptors (Lipinski definition) is 3. The lowest BCUT2D eigenvalue weighted by molar-refractivity contribution is -0.120. The van der Waals surface area contributed by atoms with Gasteiger partial charge >= 0.3 is 0 Å². The lowest BCUT2D eigenvalue weighted by Crippen LogP contribution is -2.31. The van der Waals surface area contributed by atoms with Crippen molar-refractivity contribution in [2.45, 2.75) is 19.8 Å². The van der Waals surface area contributed by atoms with Crippen molar-refractivity contribution in [3.63, 3.8) is 0 Å². The first-order valence-corrected chi connectivity index (χ1v) is 7.30. The van der Waals surface area contributed by atoms with Crippen LogP contribution < -0.4 is 4.90 Å². The first kappa shape index (κ1) is 14.6. The second-order valence-electron chi connectivity index (χ2n) is 6.33. The van der Waals surface area contributed by atoms with Crippen molar-refractivity contribution in [2.75, 3.05) is 18.6 Å². The Morgan fingerprint density at radius 1 is 1.36 bits per heavy atom. The minimum Gasteiger partial charge on any atom is -0.486 e. The fourth-order valence-electron chi connectivity index (χ4n) is 3.35. The summed E-state index contributed by atoms with van der Waals surface area (Å²) in [6, 6.07) is 5.46. The number of carbonyl (C=O) groups excluding carboxylic acids is 2. The van der Waals surface area contributed by atoms with Gasteiger partial charge in [-0.05, 0) is 12.1 Å². The summed E-state index contributed by atoms with van der Waals surface area (Å²) in [6.07, 6.45) is 3.38. The predicted molar refractivity (Wildman–Crippen MR) is 84.9 cm³/mol. The number of ether oxygens (including phenoxy) is 1. The first-order chi connectivity index (χ1) is 10.4. The highest BCUT2D eigenvalue weighted by Gasteiger charge is 2.48. The SMILES string of the molecule is C=CCOC1=CC(C)(C)[C@H]2C(=O)N(C)c3cccc(c32)C1=O. The van der Waals surface area contributed by atoms with Crippen LogP contribution in [0.15, 0.2) is 42.7 Å². The molecule has 1 aromatic rings. The highest BCUT2D eigenvalue weighted by atomic mass is 16.5. The monoisotopic (exact) mass is 297 g/mol. The number of allylic oxidation sites excluding steroid dienone is 2. The number of amides is 1. The van der Waals surface area contributed by atoms with E-state index in [1.165, 1.54) is 0 Å². The summed E-state index contributed by atoms with van der Waals surface area (Å²) < 4.78 is 5.56. The van der Waals surface area contributed by atoms with Crippen LogP contribution in [0, 0.1) is 5.41 Å². The van der Waals surface area contributed by atoms with E-state index in [2.05, 4.69) is 6.58 Å². The summed E-state index contributed by atoms with van der Waals surface area (Å²) in [5.41, 5.74) is 1.68.